The van der Waals surface area contributed by atoms with Crippen molar-refractivity contribution >= 4 is 27.3 Å². The Kier molecular flexibility index (Phi) is 7.17. The Labute approximate surface area is 166 Å². The third-order valence-corrected chi connectivity index (χ3v) is 5.52. The highest BCUT2D eigenvalue weighted by Crippen LogP contribution is 2.26. The van der Waals surface area contributed by atoms with Crippen LogP contribution in [0.1, 0.15) is 26.3 Å². The summed E-state index contributed by atoms with van der Waals surface area (Å²) in [6.45, 7) is 7.30. The SMILES string of the molecule is CCOc1ccc(N(CC(=O)NN=C(C)C)S(=O)(=O)c2ccc(C)cc2)cc1. The van der Waals surface area contributed by atoms with Crippen molar-refractivity contribution in [2.24, 2.45) is 5.10 Å². The van der Waals surface area contributed by atoms with Gasteiger partial charge >= 0.3 is 0 Å². The lowest BCUT2D eigenvalue weighted by atomic mass is 10.2. The summed E-state index contributed by atoms with van der Waals surface area (Å²) in [5.74, 6) is 0.0837. The first-order valence-electron chi connectivity index (χ1n) is 8.86. The van der Waals surface area contributed by atoms with Crippen LogP contribution >= 0.6 is 0 Å². The van der Waals surface area contributed by atoms with E-state index in [1.54, 1.807) is 50.2 Å². The summed E-state index contributed by atoms with van der Waals surface area (Å²) in [6.07, 6.45) is 0. The molecule has 0 aliphatic carbocycles. The van der Waals surface area contributed by atoms with Crippen LogP contribution in [0.25, 0.3) is 0 Å². The summed E-state index contributed by atoms with van der Waals surface area (Å²) < 4.78 is 32.9. The fraction of sp³-hybridized carbons (Fsp3) is 0.300. The molecule has 0 spiro atoms. The average Bonchev–Trinajstić information content (AvgIpc) is 2.66. The number of nitrogens with zero attached hydrogens (tertiary/aromatic N) is 2. The Hall–Kier alpha value is -2.87. The zero-order valence-corrected chi connectivity index (χ0v) is 17.3. The van der Waals surface area contributed by atoms with Crippen LogP contribution in [0.2, 0.25) is 0 Å². The fourth-order valence-electron chi connectivity index (χ4n) is 2.37. The quantitative estimate of drug-likeness (QED) is 0.542. The van der Waals surface area contributed by atoms with Crippen molar-refractivity contribution in [1.82, 2.24) is 5.43 Å². The van der Waals surface area contributed by atoms with E-state index in [0.29, 0.717) is 23.8 Å². The number of amides is 1. The Bertz CT molecular complexity index is 932. The minimum absolute atomic E-state index is 0.106. The first-order valence-corrected chi connectivity index (χ1v) is 10.3. The van der Waals surface area contributed by atoms with Crippen LogP contribution in [0.3, 0.4) is 0 Å². The van der Waals surface area contributed by atoms with Crippen molar-refractivity contribution in [3.63, 3.8) is 0 Å². The number of benzene rings is 2. The summed E-state index contributed by atoms with van der Waals surface area (Å²) in [6, 6.07) is 13.0. The van der Waals surface area contributed by atoms with Crippen LogP contribution in [-0.2, 0) is 14.8 Å². The number of aryl methyl sites for hydroxylation is 1. The van der Waals surface area contributed by atoms with Crippen molar-refractivity contribution in [3.8, 4) is 5.75 Å². The zero-order chi connectivity index (χ0) is 20.7. The van der Waals surface area contributed by atoms with Crippen LogP contribution < -0.4 is 14.5 Å². The second kappa shape index (κ2) is 9.36. The third-order valence-electron chi connectivity index (χ3n) is 3.74. The highest BCUT2D eigenvalue weighted by molar-refractivity contribution is 7.92. The Balaban J connectivity index is 2.41. The van der Waals surface area contributed by atoms with E-state index in [1.807, 2.05) is 13.8 Å². The summed E-state index contributed by atoms with van der Waals surface area (Å²) in [4.78, 5) is 12.4. The monoisotopic (exact) mass is 403 g/mol. The average molecular weight is 404 g/mol. The van der Waals surface area contributed by atoms with Gasteiger partial charge in [0.05, 0.1) is 17.2 Å². The van der Waals surface area contributed by atoms with Crippen molar-refractivity contribution < 1.29 is 17.9 Å². The molecule has 2 aromatic carbocycles. The molecule has 150 valence electrons. The van der Waals surface area contributed by atoms with Gasteiger partial charge in [-0.25, -0.2) is 13.8 Å². The lowest BCUT2D eigenvalue weighted by molar-refractivity contribution is -0.119. The highest BCUT2D eigenvalue weighted by atomic mass is 32.2. The lowest BCUT2D eigenvalue weighted by Crippen LogP contribution is -2.39. The predicted molar refractivity (Wildman–Crippen MR) is 110 cm³/mol. The normalized spacial score (nSPS) is 10.9. The van der Waals surface area contributed by atoms with Gasteiger partial charge in [0.15, 0.2) is 0 Å². The second-order valence-corrected chi connectivity index (χ2v) is 8.21. The number of hydrogen-bond acceptors (Lipinski definition) is 5. The molecule has 28 heavy (non-hydrogen) atoms. The zero-order valence-electron chi connectivity index (χ0n) is 16.5. The maximum Gasteiger partial charge on any atom is 0.264 e. The largest absolute Gasteiger partial charge is 0.494 e. The molecule has 1 N–H and O–H groups in total. The standard InChI is InChI=1S/C20H25N3O4S/c1-5-27-18-10-8-17(9-11-18)23(14-20(24)22-21-15(2)3)28(25,26)19-12-6-16(4)7-13-19/h6-13H,5,14H2,1-4H3,(H,22,24). The van der Waals surface area contributed by atoms with Gasteiger partial charge in [0.1, 0.15) is 12.3 Å². The van der Waals surface area contributed by atoms with E-state index < -0.39 is 22.5 Å². The molecule has 0 aliphatic rings. The van der Waals surface area contributed by atoms with Gasteiger partial charge in [0.25, 0.3) is 15.9 Å². The molecule has 0 radical (unpaired) electrons. The van der Waals surface area contributed by atoms with Crippen molar-refractivity contribution in [2.45, 2.75) is 32.6 Å². The van der Waals surface area contributed by atoms with Gasteiger partial charge in [-0.1, -0.05) is 17.7 Å². The molecule has 0 saturated heterocycles. The first-order chi connectivity index (χ1) is 13.2. The summed E-state index contributed by atoms with van der Waals surface area (Å²) >= 11 is 0. The van der Waals surface area contributed by atoms with Crippen LogP contribution in [0, 0.1) is 6.92 Å². The number of rotatable bonds is 8. The molecule has 8 heteroatoms. The molecule has 2 rings (SSSR count). The molecule has 0 saturated carbocycles. The van der Waals surface area contributed by atoms with Crippen molar-refractivity contribution in [1.29, 1.82) is 0 Å². The lowest BCUT2D eigenvalue weighted by Gasteiger charge is -2.24. The Morgan fingerprint density at radius 1 is 1.07 bits per heavy atom. The van der Waals surface area contributed by atoms with E-state index >= 15 is 0 Å². The molecular weight excluding hydrogens is 378 g/mol. The molecule has 0 unspecified atom stereocenters. The van der Waals surface area contributed by atoms with Gasteiger partial charge in [-0.2, -0.15) is 5.10 Å². The molecule has 0 atom stereocenters. The van der Waals surface area contributed by atoms with Gasteiger partial charge in [-0.3, -0.25) is 9.10 Å². The van der Waals surface area contributed by atoms with Gasteiger partial charge in [0, 0.05) is 5.71 Å². The molecule has 1 amide bonds. The van der Waals surface area contributed by atoms with E-state index in [-0.39, 0.29) is 4.90 Å². The maximum absolute atomic E-state index is 13.2. The molecule has 2 aromatic rings. The summed E-state index contributed by atoms with van der Waals surface area (Å²) in [7, 11) is -3.95. The molecule has 0 aromatic heterocycles. The fourth-order valence-corrected chi connectivity index (χ4v) is 3.79. The van der Waals surface area contributed by atoms with E-state index in [2.05, 4.69) is 10.5 Å². The Morgan fingerprint density at radius 2 is 1.68 bits per heavy atom. The number of carbonyl (C=O) groups excluding carboxylic acids is 1. The maximum atomic E-state index is 13.2. The number of hydrogen-bond donors (Lipinski definition) is 1. The van der Waals surface area contributed by atoms with E-state index in [1.165, 1.54) is 12.1 Å². The van der Waals surface area contributed by atoms with Crippen LogP contribution in [0.5, 0.6) is 5.75 Å². The van der Waals surface area contributed by atoms with Crippen molar-refractivity contribution in [2.75, 3.05) is 17.5 Å². The molecule has 0 bridgehead atoms. The predicted octanol–water partition coefficient (Wildman–Crippen LogP) is 3.10. The number of sulfonamides is 1. The molecule has 0 fully saturated rings. The molecule has 0 aliphatic heterocycles. The van der Waals surface area contributed by atoms with Crippen LogP contribution in [-0.4, -0.2) is 33.2 Å². The minimum Gasteiger partial charge on any atom is -0.494 e. The topological polar surface area (TPSA) is 88.1 Å². The first kappa shape index (κ1) is 21.4. The highest BCUT2D eigenvalue weighted by Gasteiger charge is 2.27. The molecule has 0 heterocycles. The van der Waals surface area contributed by atoms with Gasteiger partial charge < -0.3 is 4.74 Å². The molecular formula is C20H25N3O4S. The smallest absolute Gasteiger partial charge is 0.264 e. The number of ether oxygens (including phenoxy) is 1. The number of hydrazone groups is 1. The third kappa shape index (κ3) is 5.56. The number of anilines is 1. The number of carbonyl (C=O) groups is 1. The van der Waals surface area contributed by atoms with E-state index in [9.17, 15) is 13.2 Å². The van der Waals surface area contributed by atoms with E-state index in [0.717, 1.165) is 9.87 Å². The second-order valence-electron chi connectivity index (χ2n) is 6.35. The minimum atomic E-state index is -3.95. The Morgan fingerprint density at radius 3 is 2.21 bits per heavy atom. The van der Waals surface area contributed by atoms with Gasteiger partial charge in [-0.05, 0) is 64.1 Å². The molecule has 7 nitrogen and oxygen atoms in total. The van der Waals surface area contributed by atoms with Crippen LogP contribution in [0.4, 0.5) is 5.69 Å². The number of nitrogens with one attached hydrogen (secondary N) is 1. The van der Waals surface area contributed by atoms with E-state index in [4.69, 9.17) is 4.74 Å². The summed E-state index contributed by atoms with van der Waals surface area (Å²) in [5, 5.41) is 3.85. The van der Waals surface area contributed by atoms with Crippen LogP contribution in [0.15, 0.2) is 58.5 Å². The van der Waals surface area contributed by atoms with Gasteiger partial charge in [-0.15, -0.1) is 0 Å². The van der Waals surface area contributed by atoms with Crippen molar-refractivity contribution in [3.05, 3.63) is 54.1 Å². The van der Waals surface area contributed by atoms with Gasteiger partial charge in [0.2, 0.25) is 0 Å². The summed E-state index contributed by atoms with van der Waals surface area (Å²) in [5.41, 5.74) is 4.32.